The summed E-state index contributed by atoms with van der Waals surface area (Å²) in [7, 11) is 0. The van der Waals surface area contributed by atoms with Crippen molar-refractivity contribution in [1.82, 2.24) is 10.3 Å². The van der Waals surface area contributed by atoms with Crippen LogP contribution in [0, 0.1) is 5.82 Å². The molecule has 0 aliphatic heterocycles. The Morgan fingerprint density at radius 2 is 2.10 bits per heavy atom. The fraction of sp³-hybridized carbons (Fsp3) is 0.500. The van der Waals surface area contributed by atoms with Crippen molar-refractivity contribution in [3.63, 3.8) is 0 Å². The molecule has 1 aromatic heterocycles. The van der Waals surface area contributed by atoms with Crippen molar-refractivity contribution in [2.24, 2.45) is 0 Å². The van der Waals surface area contributed by atoms with E-state index in [0.29, 0.717) is 11.6 Å². The molecule has 0 bridgehead atoms. The first kappa shape index (κ1) is 14.5. The summed E-state index contributed by atoms with van der Waals surface area (Å²) in [5, 5.41) is 4.54. The lowest BCUT2D eigenvalue weighted by molar-refractivity contribution is 0.531. The number of hydrogen-bond acceptors (Lipinski definition) is 2. The summed E-state index contributed by atoms with van der Waals surface area (Å²) < 4.78 is 14.1. The minimum Gasteiger partial charge on any atom is -0.310 e. The van der Waals surface area contributed by atoms with E-state index in [1.54, 1.807) is 6.07 Å². The van der Waals surface area contributed by atoms with Crippen LogP contribution >= 0.6 is 0 Å². The molecule has 1 unspecified atom stereocenters. The maximum absolute atomic E-state index is 14.1. The van der Waals surface area contributed by atoms with Crippen LogP contribution in [-0.4, -0.2) is 11.0 Å². The third-order valence-corrected chi connectivity index (χ3v) is 4.60. The minimum atomic E-state index is -0.203. The first-order valence-corrected chi connectivity index (χ1v) is 8.03. The van der Waals surface area contributed by atoms with E-state index in [-0.39, 0.29) is 5.82 Å². The third kappa shape index (κ3) is 2.80. The van der Waals surface area contributed by atoms with Gasteiger partial charge in [0, 0.05) is 23.7 Å². The topological polar surface area (TPSA) is 24.9 Å². The highest BCUT2D eigenvalue weighted by Crippen LogP contribution is 2.30. The molecule has 21 heavy (non-hydrogen) atoms. The highest BCUT2D eigenvalue weighted by atomic mass is 19.1. The van der Waals surface area contributed by atoms with E-state index in [0.717, 1.165) is 43.3 Å². The van der Waals surface area contributed by atoms with Crippen LogP contribution in [0.3, 0.4) is 0 Å². The van der Waals surface area contributed by atoms with Gasteiger partial charge < -0.3 is 5.32 Å². The maximum atomic E-state index is 14.1. The van der Waals surface area contributed by atoms with Crippen molar-refractivity contribution in [1.29, 1.82) is 0 Å². The molecule has 0 amide bonds. The van der Waals surface area contributed by atoms with Crippen molar-refractivity contribution in [3.05, 3.63) is 40.8 Å². The van der Waals surface area contributed by atoms with Crippen molar-refractivity contribution in [3.8, 4) is 0 Å². The molecule has 1 atom stereocenters. The van der Waals surface area contributed by atoms with Crippen LogP contribution in [0.2, 0.25) is 0 Å². The Bertz CT molecular complexity index is 651. The van der Waals surface area contributed by atoms with Gasteiger partial charge in [-0.3, -0.25) is 0 Å². The standard InChI is InChI=1S/C18H23FN2/c1-3-12(2)20-11-15-13-7-4-5-10-17(13)21-18-14(15)8-6-9-16(18)19/h6,8-9,12,20H,3-5,7,10-11H2,1-2H3. The normalized spacial score (nSPS) is 16.0. The first-order chi connectivity index (χ1) is 10.2. The Morgan fingerprint density at radius 1 is 1.29 bits per heavy atom. The van der Waals surface area contributed by atoms with Crippen LogP contribution in [0.5, 0.6) is 0 Å². The van der Waals surface area contributed by atoms with E-state index in [9.17, 15) is 4.39 Å². The highest BCUT2D eigenvalue weighted by molar-refractivity contribution is 5.84. The van der Waals surface area contributed by atoms with Crippen LogP contribution in [0.15, 0.2) is 18.2 Å². The number of aryl methyl sites for hydroxylation is 1. The number of nitrogens with one attached hydrogen (secondary N) is 1. The second-order valence-corrected chi connectivity index (χ2v) is 6.05. The van der Waals surface area contributed by atoms with Gasteiger partial charge in [0.2, 0.25) is 0 Å². The first-order valence-electron chi connectivity index (χ1n) is 8.03. The quantitative estimate of drug-likeness (QED) is 0.913. The monoisotopic (exact) mass is 286 g/mol. The summed E-state index contributed by atoms with van der Waals surface area (Å²) >= 11 is 0. The zero-order valence-electron chi connectivity index (χ0n) is 12.9. The van der Waals surface area contributed by atoms with Gasteiger partial charge in [0.15, 0.2) is 0 Å². The van der Waals surface area contributed by atoms with Gasteiger partial charge in [0.1, 0.15) is 11.3 Å². The summed E-state index contributed by atoms with van der Waals surface area (Å²) in [6.07, 6.45) is 5.53. The number of benzene rings is 1. The number of pyridine rings is 1. The Kier molecular flexibility index (Phi) is 4.20. The lowest BCUT2D eigenvalue weighted by Crippen LogP contribution is -2.26. The van der Waals surface area contributed by atoms with Crippen LogP contribution in [0.4, 0.5) is 4.39 Å². The third-order valence-electron chi connectivity index (χ3n) is 4.60. The van der Waals surface area contributed by atoms with Gasteiger partial charge in [-0.2, -0.15) is 0 Å². The zero-order chi connectivity index (χ0) is 14.8. The molecule has 0 spiro atoms. The molecule has 3 rings (SSSR count). The molecular weight excluding hydrogens is 263 g/mol. The molecule has 0 fully saturated rings. The number of hydrogen-bond donors (Lipinski definition) is 1. The number of aromatic nitrogens is 1. The van der Waals surface area contributed by atoms with Crippen LogP contribution in [-0.2, 0) is 19.4 Å². The van der Waals surface area contributed by atoms with E-state index >= 15 is 0 Å². The SMILES string of the molecule is CCC(C)NCc1c2c(nc3c(F)cccc13)CCCC2. The lowest BCUT2D eigenvalue weighted by Gasteiger charge is -2.22. The Balaban J connectivity index is 2.11. The van der Waals surface area contributed by atoms with Gasteiger partial charge in [0.25, 0.3) is 0 Å². The second kappa shape index (κ2) is 6.10. The number of rotatable bonds is 4. The molecular formula is C18H23FN2. The number of nitrogens with zero attached hydrogens (tertiary/aromatic N) is 1. The van der Waals surface area contributed by atoms with Crippen LogP contribution in [0.25, 0.3) is 10.9 Å². The van der Waals surface area contributed by atoms with Crippen molar-refractivity contribution < 1.29 is 4.39 Å². The average molecular weight is 286 g/mol. The molecule has 0 saturated heterocycles. The summed E-state index contributed by atoms with van der Waals surface area (Å²) in [4.78, 5) is 4.62. The number of para-hydroxylation sites is 1. The van der Waals surface area contributed by atoms with E-state index in [2.05, 4.69) is 24.1 Å². The van der Waals surface area contributed by atoms with Gasteiger partial charge in [-0.25, -0.2) is 9.37 Å². The predicted octanol–water partition coefficient (Wildman–Crippen LogP) is 4.14. The molecule has 1 aliphatic rings. The molecule has 1 aliphatic carbocycles. The van der Waals surface area contributed by atoms with Crippen LogP contribution in [0.1, 0.15) is 49.9 Å². The van der Waals surface area contributed by atoms with Gasteiger partial charge >= 0.3 is 0 Å². The fourth-order valence-electron chi connectivity index (χ4n) is 3.13. The largest absolute Gasteiger partial charge is 0.310 e. The molecule has 1 aromatic carbocycles. The molecule has 1 heterocycles. The van der Waals surface area contributed by atoms with Gasteiger partial charge in [-0.05, 0) is 56.2 Å². The van der Waals surface area contributed by atoms with Crippen molar-refractivity contribution in [2.45, 2.75) is 58.5 Å². The zero-order valence-corrected chi connectivity index (χ0v) is 12.9. The average Bonchev–Trinajstić information content (AvgIpc) is 2.52. The van der Waals surface area contributed by atoms with Crippen molar-refractivity contribution >= 4 is 10.9 Å². The smallest absolute Gasteiger partial charge is 0.149 e. The Morgan fingerprint density at radius 3 is 2.90 bits per heavy atom. The summed E-state index contributed by atoms with van der Waals surface area (Å²) in [6.45, 7) is 5.17. The minimum absolute atomic E-state index is 0.203. The maximum Gasteiger partial charge on any atom is 0.149 e. The van der Waals surface area contributed by atoms with Crippen LogP contribution < -0.4 is 5.32 Å². The van der Waals surface area contributed by atoms with Crippen molar-refractivity contribution in [2.75, 3.05) is 0 Å². The summed E-state index contributed by atoms with van der Waals surface area (Å²) in [5.74, 6) is -0.203. The molecule has 1 N–H and O–H groups in total. The van der Waals surface area contributed by atoms with Gasteiger partial charge in [0.05, 0.1) is 0 Å². The second-order valence-electron chi connectivity index (χ2n) is 6.05. The Hall–Kier alpha value is -1.48. The highest BCUT2D eigenvalue weighted by Gasteiger charge is 2.19. The van der Waals surface area contributed by atoms with E-state index in [1.165, 1.54) is 23.6 Å². The summed E-state index contributed by atoms with van der Waals surface area (Å²) in [6, 6.07) is 5.78. The van der Waals surface area contributed by atoms with Gasteiger partial charge in [-0.1, -0.05) is 19.1 Å². The number of fused-ring (bicyclic) bond motifs is 2. The molecule has 2 nitrogen and oxygen atoms in total. The molecule has 3 heteroatoms. The summed E-state index contributed by atoms with van der Waals surface area (Å²) in [5.41, 5.74) is 4.27. The number of halogens is 1. The molecule has 0 radical (unpaired) electrons. The predicted molar refractivity (Wildman–Crippen MR) is 84.9 cm³/mol. The van der Waals surface area contributed by atoms with E-state index in [4.69, 9.17) is 0 Å². The fourth-order valence-corrected chi connectivity index (χ4v) is 3.13. The van der Waals surface area contributed by atoms with E-state index < -0.39 is 0 Å². The van der Waals surface area contributed by atoms with Gasteiger partial charge in [-0.15, -0.1) is 0 Å². The molecule has 0 saturated carbocycles. The molecule has 112 valence electrons. The lowest BCUT2D eigenvalue weighted by atomic mass is 9.89. The Labute approximate surface area is 125 Å². The molecule has 2 aromatic rings. The van der Waals surface area contributed by atoms with E-state index in [1.807, 2.05) is 6.07 Å².